The molecule has 3 amide bonds. The van der Waals surface area contributed by atoms with Gasteiger partial charge in [0.2, 0.25) is 11.9 Å². The van der Waals surface area contributed by atoms with E-state index in [1.165, 1.54) is 10.5 Å². The Morgan fingerprint density at radius 1 is 1.03 bits per heavy atom. The van der Waals surface area contributed by atoms with Crippen molar-refractivity contribution in [3.8, 4) is 0 Å². The second-order valence-corrected chi connectivity index (χ2v) is 10.1. The smallest absolute Gasteiger partial charge is 0.319 e. The minimum atomic E-state index is -0.513. The minimum Gasteiger partial charge on any atom is -0.351 e. The van der Waals surface area contributed by atoms with Crippen LogP contribution in [0.1, 0.15) is 57.9 Å². The van der Waals surface area contributed by atoms with Crippen molar-refractivity contribution in [3.63, 3.8) is 0 Å². The first-order chi connectivity index (χ1) is 15.2. The molecular weight excluding hydrogens is 402 g/mol. The summed E-state index contributed by atoms with van der Waals surface area (Å²) in [5, 5.41) is 0. The lowest BCUT2D eigenvalue weighted by atomic mass is 9.62. The van der Waals surface area contributed by atoms with Crippen LogP contribution in [0.2, 0.25) is 0 Å². The fraction of sp³-hybridized carbons (Fsp3) is 0.520. The average Bonchev–Trinajstić information content (AvgIpc) is 3.65. The van der Waals surface area contributed by atoms with Gasteiger partial charge in [-0.25, -0.2) is 14.8 Å². The van der Waals surface area contributed by atoms with Gasteiger partial charge in [-0.3, -0.25) is 14.6 Å². The van der Waals surface area contributed by atoms with Gasteiger partial charge in [0, 0.05) is 19.5 Å². The minimum absolute atomic E-state index is 0.0409. The Hall–Kier alpha value is -2.96. The maximum Gasteiger partial charge on any atom is 0.319 e. The molecule has 2 aliphatic rings. The van der Waals surface area contributed by atoms with Crippen LogP contribution in [0.4, 0.5) is 16.4 Å². The summed E-state index contributed by atoms with van der Waals surface area (Å²) < 4.78 is 0. The number of nitrogens with zero attached hydrogens (tertiary/aromatic N) is 4. The highest BCUT2D eigenvalue weighted by molar-refractivity contribution is 5.94. The number of anilines is 2. The van der Waals surface area contributed by atoms with E-state index in [1.807, 2.05) is 0 Å². The molecule has 0 saturated heterocycles. The summed E-state index contributed by atoms with van der Waals surface area (Å²) in [6, 6.07) is 10.2. The monoisotopic (exact) mass is 435 g/mol. The topological polar surface area (TPSA) is 92.4 Å². The highest BCUT2D eigenvalue weighted by Gasteiger charge is 2.40. The molecule has 4 rings (SSSR count). The largest absolute Gasteiger partial charge is 0.351 e. The van der Waals surface area contributed by atoms with E-state index in [-0.39, 0.29) is 22.7 Å². The number of amides is 3. The predicted molar refractivity (Wildman–Crippen MR) is 125 cm³/mol. The van der Waals surface area contributed by atoms with E-state index in [0.29, 0.717) is 18.2 Å². The predicted octanol–water partition coefficient (Wildman–Crippen LogP) is 4.27. The molecule has 170 valence electrons. The zero-order valence-electron chi connectivity index (χ0n) is 19.3. The fourth-order valence-electron chi connectivity index (χ4n) is 4.70. The molecule has 1 aromatic heterocycles. The van der Waals surface area contributed by atoms with Crippen molar-refractivity contribution in [1.29, 1.82) is 0 Å². The lowest BCUT2D eigenvalue weighted by Crippen LogP contribution is -2.46. The molecule has 1 heterocycles. The van der Waals surface area contributed by atoms with Gasteiger partial charge in [0.1, 0.15) is 0 Å². The molecule has 32 heavy (non-hydrogen) atoms. The summed E-state index contributed by atoms with van der Waals surface area (Å²) in [7, 11) is 1.69. The number of rotatable bonds is 6. The molecule has 2 saturated carbocycles. The lowest BCUT2D eigenvalue weighted by Gasteiger charge is -2.45. The van der Waals surface area contributed by atoms with Gasteiger partial charge in [-0.2, -0.15) is 0 Å². The molecule has 2 aliphatic carbocycles. The first kappa shape index (κ1) is 22.2. The Kier molecular flexibility index (Phi) is 5.93. The maximum atomic E-state index is 12.3. The number of nitrogens with two attached hydrogens (primary N) is 1. The molecule has 1 aromatic carbocycles. The van der Waals surface area contributed by atoms with Gasteiger partial charge >= 0.3 is 6.03 Å². The zero-order valence-corrected chi connectivity index (χ0v) is 19.3. The molecular formula is C25H33N5O2. The Balaban J connectivity index is 1.44. The van der Waals surface area contributed by atoms with Gasteiger partial charge in [0.15, 0.2) is 0 Å². The first-order valence-electron chi connectivity index (χ1n) is 11.4. The first-order valence-corrected chi connectivity index (χ1v) is 11.4. The number of hydrogen-bond acceptors (Lipinski definition) is 4. The summed E-state index contributed by atoms with van der Waals surface area (Å²) in [5.74, 6) is 0.483. The summed E-state index contributed by atoms with van der Waals surface area (Å²) in [5.41, 5.74) is 7.80. The number of primary amides is 1. The van der Waals surface area contributed by atoms with E-state index in [0.717, 1.165) is 38.5 Å². The number of hydrogen-bond donors (Lipinski definition) is 1. The standard InChI is InChI=1S/C25H33N5O2/c1-24(11-13-25(2,14-12-24)19-7-5-4-6-8-19)17-30(22(26)32)20-15-27-23(28-16-20)29(3)21(31)18-9-10-18/h4-8,15-16,18H,9-14,17H2,1-3H3,(H2,26,32)/t24-,25+. The molecule has 2 fully saturated rings. The van der Waals surface area contributed by atoms with Gasteiger partial charge < -0.3 is 5.73 Å². The van der Waals surface area contributed by atoms with Crippen LogP contribution in [0.25, 0.3) is 0 Å². The SMILES string of the molecule is CN(C(=O)C1CC1)c1ncc(N(C[C@]2(C)CC[C@](C)(c3ccccc3)CC2)C(N)=O)cn1. The van der Waals surface area contributed by atoms with Crippen LogP contribution in [0.3, 0.4) is 0 Å². The van der Waals surface area contributed by atoms with Crippen molar-refractivity contribution in [2.45, 2.75) is 57.8 Å². The number of urea groups is 1. The average molecular weight is 436 g/mol. The molecule has 0 bridgehead atoms. The van der Waals surface area contributed by atoms with Crippen LogP contribution >= 0.6 is 0 Å². The van der Waals surface area contributed by atoms with Crippen molar-refractivity contribution in [1.82, 2.24) is 9.97 Å². The zero-order chi connectivity index (χ0) is 22.9. The van der Waals surface area contributed by atoms with E-state index >= 15 is 0 Å². The van der Waals surface area contributed by atoms with Crippen molar-refractivity contribution >= 4 is 23.6 Å². The van der Waals surface area contributed by atoms with Crippen molar-refractivity contribution in [2.75, 3.05) is 23.4 Å². The molecule has 7 nitrogen and oxygen atoms in total. The van der Waals surface area contributed by atoms with Crippen LogP contribution in [0, 0.1) is 11.3 Å². The van der Waals surface area contributed by atoms with E-state index in [9.17, 15) is 9.59 Å². The van der Waals surface area contributed by atoms with E-state index in [1.54, 1.807) is 24.3 Å². The highest BCUT2D eigenvalue weighted by Crippen LogP contribution is 2.47. The van der Waals surface area contributed by atoms with Crippen LogP contribution in [0.5, 0.6) is 0 Å². The maximum absolute atomic E-state index is 12.3. The molecule has 2 aromatic rings. The molecule has 0 aliphatic heterocycles. The fourth-order valence-corrected chi connectivity index (χ4v) is 4.70. The highest BCUT2D eigenvalue weighted by atomic mass is 16.2. The van der Waals surface area contributed by atoms with Crippen molar-refractivity contribution < 1.29 is 9.59 Å². The Bertz CT molecular complexity index is 964. The number of benzene rings is 1. The third kappa shape index (κ3) is 4.61. The molecule has 0 spiro atoms. The molecule has 0 radical (unpaired) electrons. The Morgan fingerprint density at radius 3 is 2.16 bits per heavy atom. The van der Waals surface area contributed by atoms with Crippen molar-refractivity contribution in [2.24, 2.45) is 17.1 Å². The summed E-state index contributed by atoms with van der Waals surface area (Å²) in [6.45, 7) is 5.08. The lowest BCUT2D eigenvalue weighted by molar-refractivity contribution is -0.119. The van der Waals surface area contributed by atoms with Crippen molar-refractivity contribution in [3.05, 3.63) is 48.3 Å². The molecule has 2 N–H and O–H groups in total. The third-order valence-electron chi connectivity index (χ3n) is 7.33. The number of aromatic nitrogens is 2. The number of carbonyl (C=O) groups excluding carboxylic acids is 2. The van der Waals surface area contributed by atoms with Gasteiger partial charge in [-0.15, -0.1) is 0 Å². The van der Waals surface area contributed by atoms with E-state index in [2.05, 4.69) is 54.1 Å². The van der Waals surface area contributed by atoms with Crippen LogP contribution in [-0.4, -0.2) is 35.5 Å². The number of carbonyl (C=O) groups is 2. The Labute approximate surface area is 190 Å². The molecule has 0 atom stereocenters. The third-order valence-corrected chi connectivity index (χ3v) is 7.33. The summed E-state index contributed by atoms with van der Waals surface area (Å²) in [4.78, 5) is 36.3. The van der Waals surface area contributed by atoms with E-state index < -0.39 is 6.03 Å². The van der Waals surface area contributed by atoms with Gasteiger partial charge in [-0.1, -0.05) is 44.2 Å². The van der Waals surface area contributed by atoms with Crippen LogP contribution < -0.4 is 15.5 Å². The van der Waals surface area contributed by atoms with Gasteiger partial charge in [-0.05, 0) is 54.9 Å². The molecule has 0 unspecified atom stereocenters. The molecule has 7 heteroatoms. The quantitative estimate of drug-likeness (QED) is 0.733. The Morgan fingerprint density at radius 2 is 1.62 bits per heavy atom. The normalized spacial score (nSPS) is 25.2. The van der Waals surface area contributed by atoms with Crippen LogP contribution in [0.15, 0.2) is 42.7 Å². The van der Waals surface area contributed by atoms with E-state index in [4.69, 9.17) is 5.73 Å². The van der Waals surface area contributed by atoms with Crippen LogP contribution in [-0.2, 0) is 10.2 Å². The second kappa shape index (κ2) is 8.52. The second-order valence-electron chi connectivity index (χ2n) is 10.1. The summed E-state index contributed by atoms with van der Waals surface area (Å²) >= 11 is 0. The van der Waals surface area contributed by atoms with Gasteiger partial charge in [0.25, 0.3) is 0 Å². The van der Waals surface area contributed by atoms with Gasteiger partial charge in [0.05, 0.1) is 18.1 Å². The summed E-state index contributed by atoms with van der Waals surface area (Å²) in [6.07, 6.45) is 9.15.